The van der Waals surface area contributed by atoms with Crippen LogP contribution >= 0.6 is 11.8 Å². The van der Waals surface area contributed by atoms with Crippen molar-refractivity contribution in [1.82, 2.24) is 5.32 Å². The Balaban J connectivity index is 1.62. The molecule has 3 saturated heterocycles. The van der Waals surface area contributed by atoms with Crippen LogP contribution in [0.1, 0.15) is 19.3 Å². The van der Waals surface area contributed by atoms with Crippen LogP contribution in [0.2, 0.25) is 0 Å². The average molecular weight is 271 g/mol. The second-order valence-corrected chi connectivity index (χ2v) is 6.59. The highest BCUT2D eigenvalue weighted by molar-refractivity contribution is 7.99. The first kappa shape index (κ1) is 12.9. The fourth-order valence-corrected chi connectivity index (χ4v) is 4.52. The van der Waals surface area contributed by atoms with Crippen LogP contribution in [0.5, 0.6) is 0 Å². The van der Waals surface area contributed by atoms with Gasteiger partial charge in [-0.15, -0.1) is 0 Å². The van der Waals surface area contributed by atoms with E-state index >= 15 is 0 Å². The zero-order valence-corrected chi connectivity index (χ0v) is 11.5. The third-order valence-electron chi connectivity index (χ3n) is 4.21. The highest BCUT2D eigenvalue weighted by atomic mass is 32.2. The van der Waals surface area contributed by atoms with Crippen LogP contribution in [0.3, 0.4) is 0 Å². The summed E-state index contributed by atoms with van der Waals surface area (Å²) in [6.45, 7) is 2.92. The van der Waals surface area contributed by atoms with Crippen molar-refractivity contribution in [1.29, 1.82) is 0 Å². The first-order chi connectivity index (χ1) is 8.79. The summed E-state index contributed by atoms with van der Waals surface area (Å²) in [5.41, 5.74) is -0.00859. The van der Waals surface area contributed by atoms with Gasteiger partial charge in [0.05, 0.1) is 12.2 Å². The fraction of sp³-hybridized carbons (Fsp3) is 0.923. The van der Waals surface area contributed by atoms with E-state index in [1.165, 1.54) is 5.75 Å². The van der Waals surface area contributed by atoms with E-state index in [-0.39, 0.29) is 17.6 Å². The lowest BCUT2D eigenvalue weighted by Crippen LogP contribution is -2.49. The summed E-state index contributed by atoms with van der Waals surface area (Å²) in [7, 11) is 0. The van der Waals surface area contributed by atoms with Crippen molar-refractivity contribution in [2.75, 3.05) is 37.8 Å². The van der Waals surface area contributed by atoms with E-state index < -0.39 is 0 Å². The third kappa shape index (κ3) is 2.59. The molecule has 5 heteroatoms. The Morgan fingerprint density at radius 1 is 1.39 bits per heavy atom. The number of hydrogen-bond donors (Lipinski definition) is 1. The number of Topliss-reactive ketones (excluding diaryl/α,β-unsaturated/α-hetero) is 1. The molecule has 3 aliphatic heterocycles. The number of carbonyl (C=O) groups is 1. The van der Waals surface area contributed by atoms with Crippen molar-refractivity contribution in [3.8, 4) is 0 Å². The summed E-state index contributed by atoms with van der Waals surface area (Å²) in [5, 5.41) is 3.23. The van der Waals surface area contributed by atoms with E-state index in [0.717, 1.165) is 38.2 Å². The summed E-state index contributed by atoms with van der Waals surface area (Å²) < 4.78 is 11.6. The molecule has 102 valence electrons. The van der Waals surface area contributed by atoms with E-state index in [1.807, 2.05) is 11.8 Å². The second kappa shape index (κ2) is 5.49. The standard InChI is InChI=1S/C13H21NO3S/c15-12(11-8-14-3-5-16-11)10-1-4-17-13(7-10)2-6-18-9-13/h10-11,14H,1-9H2. The Bertz CT molecular complexity index is 311. The number of carbonyl (C=O) groups excluding carboxylic acids is 1. The van der Waals surface area contributed by atoms with Gasteiger partial charge in [-0.3, -0.25) is 4.79 Å². The number of nitrogens with one attached hydrogen (secondary N) is 1. The summed E-state index contributed by atoms with van der Waals surface area (Å²) in [6.07, 6.45) is 2.64. The molecule has 4 nitrogen and oxygen atoms in total. The van der Waals surface area contributed by atoms with E-state index in [4.69, 9.17) is 9.47 Å². The Morgan fingerprint density at radius 2 is 2.33 bits per heavy atom. The quantitative estimate of drug-likeness (QED) is 0.807. The molecule has 18 heavy (non-hydrogen) atoms. The second-order valence-electron chi connectivity index (χ2n) is 5.49. The van der Waals surface area contributed by atoms with Gasteiger partial charge in [-0.2, -0.15) is 11.8 Å². The van der Waals surface area contributed by atoms with Crippen LogP contribution in [0.4, 0.5) is 0 Å². The monoisotopic (exact) mass is 271 g/mol. The van der Waals surface area contributed by atoms with Crippen molar-refractivity contribution >= 4 is 17.5 Å². The molecule has 3 aliphatic rings. The largest absolute Gasteiger partial charge is 0.374 e. The number of hydrogen-bond acceptors (Lipinski definition) is 5. The molecule has 3 unspecified atom stereocenters. The summed E-state index contributed by atoms with van der Waals surface area (Å²) in [6, 6.07) is 0. The van der Waals surface area contributed by atoms with Crippen molar-refractivity contribution in [3.05, 3.63) is 0 Å². The molecule has 0 saturated carbocycles. The maximum atomic E-state index is 12.5. The summed E-state index contributed by atoms with van der Waals surface area (Å²) in [4.78, 5) is 12.5. The fourth-order valence-electron chi connectivity index (χ4n) is 3.14. The molecule has 0 aromatic carbocycles. The first-order valence-electron chi connectivity index (χ1n) is 6.87. The van der Waals surface area contributed by atoms with Gasteiger partial charge in [0, 0.05) is 31.4 Å². The number of ketones is 1. The summed E-state index contributed by atoms with van der Waals surface area (Å²) in [5.74, 6) is 2.66. The Kier molecular flexibility index (Phi) is 3.94. The van der Waals surface area contributed by atoms with Crippen molar-refractivity contribution in [2.45, 2.75) is 31.0 Å². The molecule has 0 amide bonds. The van der Waals surface area contributed by atoms with Gasteiger partial charge in [0.25, 0.3) is 0 Å². The molecule has 0 aliphatic carbocycles. The highest BCUT2D eigenvalue weighted by Gasteiger charge is 2.43. The Hall–Kier alpha value is -0.100. The number of ether oxygens (including phenoxy) is 2. The van der Waals surface area contributed by atoms with Crippen LogP contribution < -0.4 is 5.32 Å². The molecule has 0 radical (unpaired) electrons. The molecule has 3 atom stereocenters. The minimum absolute atomic E-state index is 0.00859. The molecule has 0 aromatic heterocycles. The SMILES string of the molecule is O=C(C1CCOC2(CCSC2)C1)C1CNCCO1. The molecular formula is C13H21NO3S. The van der Waals surface area contributed by atoms with Crippen molar-refractivity contribution in [3.63, 3.8) is 0 Å². The molecule has 1 spiro atoms. The van der Waals surface area contributed by atoms with Crippen LogP contribution in [-0.4, -0.2) is 55.3 Å². The lowest BCUT2D eigenvalue weighted by Gasteiger charge is -2.38. The van der Waals surface area contributed by atoms with Gasteiger partial charge in [-0.1, -0.05) is 0 Å². The zero-order chi connectivity index (χ0) is 12.4. The molecule has 3 heterocycles. The Morgan fingerprint density at radius 3 is 3.06 bits per heavy atom. The van der Waals surface area contributed by atoms with E-state index in [1.54, 1.807) is 0 Å². The molecular weight excluding hydrogens is 250 g/mol. The molecule has 0 aromatic rings. The summed E-state index contributed by atoms with van der Waals surface area (Å²) >= 11 is 1.95. The van der Waals surface area contributed by atoms with Crippen molar-refractivity contribution in [2.24, 2.45) is 5.92 Å². The predicted octanol–water partition coefficient (Wildman–Crippen LogP) is 0.846. The predicted molar refractivity (Wildman–Crippen MR) is 71.0 cm³/mol. The number of thioether (sulfide) groups is 1. The third-order valence-corrected chi connectivity index (χ3v) is 5.43. The van der Waals surface area contributed by atoms with Crippen molar-refractivity contribution < 1.29 is 14.3 Å². The van der Waals surface area contributed by atoms with Gasteiger partial charge in [0.2, 0.25) is 0 Å². The van der Waals surface area contributed by atoms with E-state index in [0.29, 0.717) is 18.9 Å². The van der Waals surface area contributed by atoms with Gasteiger partial charge >= 0.3 is 0 Å². The lowest BCUT2D eigenvalue weighted by atomic mass is 9.81. The average Bonchev–Trinajstić information content (AvgIpc) is 2.87. The number of rotatable bonds is 2. The topological polar surface area (TPSA) is 47.6 Å². The highest BCUT2D eigenvalue weighted by Crippen LogP contribution is 2.40. The van der Waals surface area contributed by atoms with Crippen LogP contribution in [0.25, 0.3) is 0 Å². The normalized spacial score (nSPS) is 41.1. The smallest absolute Gasteiger partial charge is 0.166 e. The molecule has 0 bridgehead atoms. The van der Waals surface area contributed by atoms with E-state index in [9.17, 15) is 4.79 Å². The van der Waals surface area contributed by atoms with Gasteiger partial charge in [0.15, 0.2) is 5.78 Å². The van der Waals surface area contributed by atoms with Crippen LogP contribution in [-0.2, 0) is 14.3 Å². The lowest BCUT2D eigenvalue weighted by molar-refractivity contribution is -0.146. The van der Waals surface area contributed by atoms with E-state index in [2.05, 4.69) is 5.32 Å². The van der Waals surface area contributed by atoms with Gasteiger partial charge in [-0.25, -0.2) is 0 Å². The maximum Gasteiger partial charge on any atom is 0.166 e. The minimum Gasteiger partial charge on any atom is -0.374 e. The molecule has 1 N–H and O–H groups in total. The Labute approximate surface area is 112 Å². The van der Waals surface area contributed by atoms with Gasteiger partial charge < -0.3 is 14.8 Å². The maximum absolute atomic E-state index is 12.5. The molecule has 3 rings (SSSR count). The van der Waals surface area contributed by atoms with Crippen LogP contribution in [0, 0.1) is 5.92 Å². The first-order valence-corrected chi connectivity index (χ1v) is 8.02. The zero-order valence-electron chi connectivity index (χ0n) is 10.7. The molecule has 3 fully saturated rings. The van der Waals surface area contributed by atoms with Gasteiger partial charge in [0.1, 0.15) is 6.10 Å². The minimum atomic E-state index is -0.229. The van der Waals surface area contributed by atoms with Crippen LogP contribution in [0.15, 0.2) is 0 Å². The van der Waals surface area contributed by atoms with Gasteiger partial charge in [-0.05, 0) is 25.0 Å². The number of morpholine rings is 1.